The van der Waals surface area contributed by atoms with E-state index in [0.29, 0.717) is 0 Å². The summed E-state index contributed by atoms with van der Waals surface area (Å²) in [5, 5.41) is 0. The lowest BCUT2D eigenvalue weighted by Gasteiger charge is -2.38. The Morgan fingerprint density at radius 1 is 0.273 bits per heavy atom. The average molecular weight is 568 g/mol. The Kier molecular flexibility index (Phi) is 8.06. The van der Waals surface area contributed by atoms with Crippen LogP contribution in [0.2, 0.25) is 0 Å². The molecule has 0 amide bonds. The molecule has 0 saturated carbocycles. The van der Waals surface area contributed by atoms with E-state index in [2.05, 4.69) is 0 Å². The van der Waals surface area contributed by atoms with Gasteiger partial charge in [0.2, 0.25) is 0 Å². The van der Waals surface area contributed by atoms with Crippen molar-refractivity contribution in [3.63, 3.8) is 0 Å². The Morgan fingerprint density at radius 2 is 0.394 bits per heavy atom. The summed E-state index contributed by atoms with van der Waals surface area (Å²) in [5.74, 6) is 0. The fraction of sp³-hybridized carbons (Fsp3) is 1.00. The molecule has 33 heavy (non-hydrogen) atoms. The molecule has 0 aliphatic heterocycles. The van der Waals surface area contributed by atoms with E-state index in [1.165, 1.54) is 0 Å². The number of halogens is 20. The van der Waals surface area contributed by atoms with Gasteiger partial charge < -0.3 is 0 Å². The van der Waals surface area contributed by atoms with E-state index in [1.54, 1.807) is 17.7 Å². The molecule has 0 heterocycles. The molecule has 0 spiro atoms. The average Bonchev–Trinajstić information content (AvgIpc) is 2.38. The first-order chi connectivity index (χ1) is 13.8. The minimum atomic E-state index is -9.66. The maximum atomic E-state index is 12.9. The third-order valence-electron chi connectivity index (χ3n) is 2.33. The first-order valence-electron chi connectivity index (χ1n) is 6.41. The van der Waals surface area contributed by atoms with Gasteiger partial charge in [0.15, 0.2) is 0 Å². The van der Waals surface area contributed by atoms with Gasteiger partial charge in [0.1, 0.15) is 0 Å². The summed E-state index contributed by atoms with van der Waals surface area (Å²) in [6.45, 7) is 0. The van der Waals surface area contributed by atoms with E-state index < -0.39 is 58.2 Å². The lowest BCUT2D eigenvalue weighted by atomic mass is 10.6. The summed E-state index contributed by atoms with van der Waals surface area (Å²) in [6, 6.07) is 0. The van der Waals surface area contributed by atoms with Gasteiger partial charge in [0, 0.05) is 0 Å². The topological polar surface area (TPSA) is 36.9 Å². The van der Waals surface area contributed by atoms with E-state index in [1.807, 2.05) is 0 Å². The van der Waals surface area contributed by atoms with Crippen molar-refractivity contribution in [1.82, 2.24) is 0 Å². The van der Waals surface area contributed by atoms with Crippen molar-refractivity contribution in [3.05, 3.63) is 0 Å². The van der Waals surface area contributed by atoms with Gasteiger partial charge in [-0.1, -0.05) is 0 Å². The molecular weight excluding hydrogens is 568 g/mol. The molecule has 0 saturated heterocycles. The van der Waals surface area contributed by atoms with Crippen LogP contribution >= 0.6 is 0 Å². The van der Waals surface area contributed by atoms with Crippen LogP contribution in [0.4, 0.5) is 87.8 Å². The van der Waals surface area contributed by atoms with Gasteiger partial charge in [-0.3, -0.25) is 17.7 Å². The molecule has 200 valence electrons. The standard InChI is InChI=1S/C8F20O4Si/c9-1(10,11)5(21,22)29-33(30-6(23,24)2(12,13)14,31-7(25,26)3(15,16)17)32-8(27,28)4(18,19)20. The van der Waals surface area contributed by atoms with Crippen molar-refractivity contribution in [2.75, 3.05) is 0 Å². The van der Waals surface area contributed by atoms with Crippen LogP contribution in [0.15, 0.2) is 0 Å². The molecule has 0 atom stereocenters. The fourth-order valence-corrected chi connectivity index (χ4v) is 2.95. The molecule has 4 nitrogen and oxygen atoms in total. The van der Waals surface area contributed by atoms with Crippen LogP contribution < -0.4 is 0 Å². The van der Waals surface area contributed by atoms with E-state index in [0.717, 1.165) is 0 Å². The van der Waals surface area contributed by atoms with Crippen molar-refractivity contribution in [1.29, 1.82) is 0 Å². The Bertz CT molecular complexity index is 554. The highest BCUT2D eigenvalue weighted by Crippen LogP contribution is 2.50. The maximum Gasteiger partial charge on any atom is 0.698 e. The molecule has 0 aromatic heterocycles. The highest BCUT2D eigenvalue weighted by atomic mass is 28.4. The number of rotatable bonds is 8. The lowest BCUT2D eigenvalue weighted by molar-refractivity contribution is -0.453. The third-order valence-corrected chi connectivity index (χ3v) is 4.36. The fourth-order valence-electron chi connectivity index (χ4n) is 0.984. The highest BCUT2D eigenvalue weighted by Gasteiger charge is 2.80. The molecule has 0 N–H and O–H groups in total. The van der Waals surface area contributed by atoms with Gasteiger partial charge in [0.25, 0.3) is 0 Å². The predicted octanol–water partition coefficient (Wildman–Crippen LogP) is 6.11. The van der Waals surface area contributed by atoms with Crippen LogP contribution in [0.25, 0.3) is 0 Å². The summed E-state index contributed by atoms with van der Waals surface area (Å²) >= 11 is 0. The largest absolute Gasteiger partial charge is 0.698 e. The molecule has 0 unspecified atom stereocenters. The van der Waals surface area contributed by atoms with Crippen LogP contribution in [-0.2, 0) is 17.7 Å². The molecule has 0 bridgehead atoms. The summed E-state index contributed by atoms with van der Waals surface area (Å²) in [7, 11) is -9.66. The van der Waals surface area contributed by atoms with Crippen LogP contribution in [0.5, 0.6) is 0 Å². The minimum absolute atomic E-state index is 1.66. The van der Waals surface area contributed by atoms with Crippen LogP contribution in [0.1, 0.15) is 0 Å². The van der Waals surface area contributed by atoms with Gasteiger partial charge in [-0.05, 0) is 0 Å². The quantitative estimate of drug-likeness (QED) is 0.262. The number of alkyl halides is 20. The summed E-state index contributed by atoms with van der Waals surface area (Å²) in [4.78, 5) is 0. The molecule has 0 aliphatic rings. The second-order valence-electron chi connectivity index (χ2n) is 4.97. The smallest absolute Gasteiger partial charge is 0.283 e. The van der Waals surface area contributed by atoms with Gasteiger partial charge in [-0.25, -0.2) is 0 Å². The molecule has 0 aromatic rings. The van der Waals surface area contributed by atoms with Gasteiger partial charge in [-0.2, -0.15) is 87.8 Å². The van der Waals surface area contributed by atoms with Gasteiger partial charge in [0.05, 0.1) is 0 Å². The number of hydrogen-bond donors (Lipinski definition) is 0. The summed E-state index contributed by atoms with van der Waals surface area (Å²) < 4.78 is 255. The molecule has 0 rings (SSSR count). The number of hydrogen-bond acceptors (Lipinski definition) is 4. The molecule has 0 aliphatic carbocycles. The normalized spacial score (nSPS) is 16.4. The molecule has 0 fully saturated rings. The maximum absolute atomic E-state index is 12.9. The van der Waals surface area contributed by atoms with E-state index in [9.17, 15) is 87.8 Å². The molecule has 25 heteroatoms. The Morgan fingerprint density at radius 3 is 0.485 bits per heavy atom. The second kappa shape index (κ2) is 8.40. The molecular formula is C8F20O4Si. The minimum Gasteiger partial charge on any atom is -0.283 e. The third kappa shape index (κ3) is 7.32. The zero-order valence-corrected chi connectivity index (χ0v) is 14.7. The summed E-state index contributed by atoms with van der Waals surface area (Å²) in [5.41, 5.74) is 0. The van der Waals surface area contributed by atoms with Gasteiger partial charge >= 0.3 is 58.2 Å². The predicted molar refractivity (Wildman–Crippen MR) is 54.1 cm³/mol. The lowest BCUT2D eigenvalue weighted by Crippen LogP contribution is -2.67. The van der Waals surface area contributed by atoms with Crippen LogP contribution in [0, 0.1) is 0 Å². The van der Waals surface area contributed by atoms with E-state index >= 15 is 0 Å². The first kappa shape index (κ1) is 31.7. The van der Waals surface area contributed by atoms with E-state index in [4.69, 9.17) is 0 Å². The molecule has 0 radical (unpaired) electrons. The highest BCUT2D eigenvalue weighted by molar-refractivity contribution is 6.54. The Labute approximate surface area is 165 Å². The SMILES string of the molecule is FC(F)(F)C(F)(F)O[Si](OC(F)(F)C(F)(F)F)(OC(F)(F)C(F)(F)F)OC(F)(F)C(F)(F)F. The van der Waals surface area contributed by atoms with E-state index in [-0.39, 0.29) is 0 Å². The summed E-state index contributed by atoms with van der Waals surface area (Å²) in [6.07, 6.45) is -60.9. The Hall–Kier alpha value is -1.34. The van der Waals surface area contributed by atoms with Crippen molar-refractivity contribution in [2.45, 2.75) is 49.1 Å². The van der Waals surface area contributed by atoms with Crippen molar-refractivity contribution in [2.24, 2.45) is 0 Å². The first-order valence-corrected chi connectivity index (χ1v) is 8.05. The zero-order valence-electron chi connectivity index (χ0n) is 13.7. The molecule has 0 aromatic carbocycles. The van der Waals surface area contributed by atoms with Crippen molar-refractivity contribution < 1.29 is 106 Å². The zero-order chi connectivity index (χ0) is 27.3. The Balaban J connectivity index is 7.15. The monoisotopic (exact) mass is 568 g/mol. The van der Waals surface area contributed by atoms with Crippen LogP contribution in [0.3, 0.4) is 0 Å². The van der Waals surface area contributed by atoms with Crippen molar-refractivity contribution >= 4 is 9.05 Å². The van der Waals surface area contributed by atoms with Crippen molar-refractivity contribution in [3.8, 4) is 0 Å². The second-order valence-corrected chi connectivity index (χ2v) is 6.78. The van der Waals surface area contributed by atoms with Crippen LogP contribution in [-0.4, -0.2) is 58.2 Å². The van der Waals surface area contributed by atoms with Gasteiger partial charge in [-0.15, -0.1) is 0 Å².